The number of carbonyl (C=O) groups excluding carboxylic acids is 2. The fourth-order valence-electron chi connectivity index (χ4n) is 7.12. The fraction of sp³-hybridized carbons (Fsp3) is 0.250. The summed E-state index contributed by atoms with van der Waals surface area (Å²) in [4.78, 5) is 28.7. The molecule has 1 amide bonds. The normalized spacial score (nSPS) is 12.0. The van der Waals surface area contributed by atoms with E-state index in [1.165, 1.54) is 7.11 Å². The van der Waals surface area contributed by atoms with Gasteiger partial charge in [-0.05, 0) is 62.2 Å². The van der Waals surface area contributed by atoms with Gasteiger partial charge in [-0.25, -0.2) is 9.48 Å². The first-order valence-corrected chi connectivity index (χ1v) is 17.9. The molecule has 8 heteroatoms. The van der Waals surface area contributed by atoms with Crippen molar-refractivity contribution in [3.63, 3.8) is 0 Å². The molecular weight excluding hydrogens is 647 g/mol. The van der Waals surface area contributed by atoms with Gasteiger partial charge in [0.15, 0.2) is 5.82 Å². The van der Waals surface area contributed by atoms with Crippen LogP contribution < -0.4 is 0 Å². The average Bonchev–Trinajstić information content (AvgIpc) is 3.68. The Morgan fingerprint density at radius 1 is 0.750 bits per heavy atom. The van der Waals surface area contributed by atoms with Crippen LogP contribution in [0, 0.1) is 5.92 Å². The number of aromatic nitrogens is 4. The highest BCUT2D eigenvalue weighted by Gasteiger charge is 2.42. The van der Waals surface area contributed by atoms with Crippen LogP contribution in [-0.2, 0) is 26.4 Å². The number of unbranched alkanes of at least 4 members (excludes halogenated alkanes) is 1. The van der Waals surface area contributed by atoms with E-state index in [0.717, 1.165) is 51.8 Å². The number of methoxy groups -OCH3 is 1. The molecule has 264 valence electrons. The van der Waals surface area contributed by atoms with Gasteiger partial charge in [0, 0.05) is 18.5 Å². The number of esters is 1. The molecule has 0 spiro atoms. The molecule has 0 radical (unpaired) electrons. The third-order valence-electron chi connectivity index (χ3n) is 9.60. The van der Waals surface area contributed by atoms with Gasteiger partial charge in [-0.2, -0.15) is 0 Å². The van der Waals surface area contributed by atoms with Crippen molar-refractivity contribution in [1.29, 1.82) is 0 Å². The van der Waals surface area contributed by atoms with E-state index >= 15 is 0 Å². The van der Waals surface area contributed by atoms with Gasteiger partial charge in [-0.15, -0.1) is 5.10 Å². The Balaban J connectivity index is 1.61. The second-order valence-corrected chi connectivity index (χ2v) is 13.3. The smallest absolute Gasteiger partial charge is 0.328 e. The van der Waals surface area contributed by atoms with Crippen LogP contribution in [-0.4, -0.2) is 50.1 Å². The predicted molar refractivity (Wildman–Crippen MR) is 204 cm³/mol. The molecule has 0 saturated carbocycles. The molecule has 1 atom stereocenters. The maximum atomic E-state index is 13.8. The van der Waals surface area contributed by atoms with Crippen LogP contribution in [0.5, 0.6) is 0 Å². The molecule has 0 aliphatic carbocycles. The third-order valence-corrected chi connectivity index (χ3v) is 9.60. The summed E-state index contributed by atoms with van der Waals surface area (Å²) >= 11 is 0. The van der Waals surface area contributed by atoms with Crippen LogP contribution in [0.2, 0.25) is 0 Å². The van der Waals surface area contributed by atoms with Crippen LogP contribution in [0.15, 0.2) is 140 Å². The van der Waals surface area contributed by atoms with Gasteiger partial charge in [0.05, 0.1) is 7.11 Å². The van der Waals surface area contributed by atoms with Gasteiger partial charge in [0.1, 0.15) is 11.6 Å². The molecule has 5 aromatic carbocycles. The number of hydrogen-bond acceptors (Lipinski definition) is 6. The first-order valence-electron chi connectivity index (χ1n) is 17.9. The van der Waals surface area contributed by atoms with Crippen molar-refractivity contribution in [2.45, 2.75) is 58.2 Å². The molecule has 0 saturated heterocycles. The van der Waals surface area contributed by atoms with Gasteiger partial charge < -0.3 is 9.64 Å². The standard InChI is InChI=1S/C44H45N5O3/c1-5-6-27-40(50)48(41(32(2)3)43(51)52-4)31-33-28-29-38(34-19-11-7-12-20-34)39(30-33)42-45-46-47-49(42)44(35-21-13-8-14-22-35,36-23-15-9-16-24-36)37-25-17-10-18-26-37/h7-26,28-30,32,41H,5-6,27,31H2,1-4H3/t41-/m0/s1. The molecule has 0 aliphatic rings. The fourth-order valence-corrected chi connectivity index (χ4v) is 7.12. The lowest BCUT2D eigenvalue weighted by Crippen LogP contribution is -2.48. The molecule has 8 nitrogen and oxygen atoms in total. The van der Waals surface area contributed by atoms with Crippen molar-refractivity contribution in [3.05, 3.63) is 162 Å². The van der Waals surface area contributed by atoms with E-state index in [4.69, 9.17) is 15.0 Å². The summed E-state index contributed by atoms with van der Waals surface area (Å²) in [6.07, 6.45) is 1.95. The lowest BCUT2D eigenvalue weighted by Gasteiger charge is -2.36. The zero-order valence-electron chi connectivity index (χ0n) is 30.2. The number of nitrogens with zero attached hydrogens (tertiary/aromatic N) is 5. The molecule has 0 N–H and O–H groups in total. The Labute approximate surface area is 306 Å². The van der Waals surface area contributed by atoms with Crippen molar-refractivity contribution in [2.75, 3.05) is 7.11 Å². The van der Waals surface area contributed by atoms with Crippen molar-refractivity contribution < 1.29 is 14.3 Å². The van der Waals surface area contributed by atoms with Gasteiger partial charge in [-0.3, -0.25) is 4.79 Å². The summed E-state index contributed by atoms with van der Waals surface area (Å²) in [7, 11) is 1.37. The first-order chi connectivity index (χ1) is 25.4. The largest absolute Gasteiger partial charge is 0.467 e. The molecule has 0 bridgehead atoms. The minimum atomic E-state index is -0.956. The number of amides is 1. The monoisotopic (exact) mass is 691 g/mol. The summed E-state index contributed by atoms with van der Waals surface area (Å²) in [5.41, 5.74) is 5.57. The summed E-state index contributed by atoms with van der Waals surface area (Å²) in [5.74, 6) is -0.116. The predicted octanol–water partition coefficient (Wildman–Crippen LogP) is 8.56. The third kappa shape index (κ3) is 7.15. The van der Waals surface area contributed by atoms with E-state index in [1.807, 2.05) is 97.4 Å². The van der Waals surface area contributed by atoms with Crippen LogP contribution in [0.25, 0.3) is 22.5 Å². The van der Waals surface area contributed by atoms with E-state index in [2.05, 4.69) is 72.8 Å². The van der Waals surface area contributed by atoms with Gasteiger partial charge in [-0.1, -0.05) is 161 Å². The Morgan fingerprint density at radius 2 is 1.29 bits per heavy atom. The zero-order chi connectivity index (χ0) is 36.5. The van der Waals surface area contributed by atoms with Crippen LogP contribution >= 0.6 is 0 Å². The molecular formula is C44H45N5O3. The second-order valence-electron chi connectivity index (χ2n) is 13.3. The molecule has 1 heterocycles. The Kier molecular flexibility index (Phi) is 11.3. The molecule has 0 unspecified atom stereocenters. The lowest BCUT2D eigenvalue weighted by atomic mass is 9.77. The topological polar surface area (TPSA) is 90.2 Å². The first kappa shape index (κ1) is 35.9. The maximum Gasteiger partial charge on any atom is 0.328 e. The number of hydrogen-bond donors (Lipinski definition) is 0. The summed E-state index contributed by atoms with van der Waals surface area (Å²) < 4.78 is 7.15. The maximum absolute atomic E-state index is 13.8. The highest BCUT2D eigenvalue weighted by atomic mass is 16.5. The second kappa shape index (κ2) is 16.4. The van der Waals surface area contributed by atoms with Gasteiger partial charge in [0.25, 0.3) is 0 Å². The quantitative estimate of drug-likeness (QED) is 0.0840. The number of ether oxygens (including phenoxy) is 1. The van der Waals surface area contributed by atoms with Crippen LogP contribution in [0.3, 0.4) is 0 Å². The Hall–Kier alpha value is -5.89. The summed E-state index contributed by atoms with van der Waals surface area (Å²) in [6, 6.07) is 46.4. The minimum Gasteiger partial charge on any atom is -0.467 e. The molecule has 1 aromatic heterocycles. The molecule has 52 heavy (non-hydrogen) atoms. The van der Waals surface area contributed by atoms with E-state index in [-0.39, 0.29) is 18.4 Å². The van der Waals surface area contributed by atoms with Crippen molar-refractivity contribution in [3.8, 4) is 22.5 Å². The van der Waals surface area contributed by atoms with Crippen molar-refractivity contribution in [1.82, 2.24) is 25.1 Å². The molecule has 6 rings (SSSR count). The average molecular weight is 692 g/mol. The number of rotatable bonds is 14. The number of carbonyl (C=O) groups is 2. The van der Waals surface area contributed by atoms with E-state index in [9.17, 15) is 9.59 Å². The van der Waals surface area contributed by atoms with Crippen molar-refractivity contribution >= 4 is 11.9 Å². The highest BCUT2D eigenvalue weighted by Crippen LogP contribution is 2.43. The van der Waals surface area contributed by atoms with E-state index in [0.29, 0.717) is 12.2 Å². The van der Waals surface area contributed by atoms with Crippen LogP contribution in [0.1, 0.15) is 62.3 Å². The van der Waals surface area contributed by atoms with Crippen molar-refractivity contribution in [2.24, 2.45) is 5.92 Å². The number of benzene rings is 5. The van der Waals surface area contributed by atoms with Gasteiger partial charge in [0.2, 0.25) is 5.91 Å². The Morgan fingerprint density at radius 3 is 1.79 bits per heavy atom. The Bertz CT molecular complexity index is 1970. The van der Waals surface area contributed by atoms with E-state index in [1.54, 1.807) is 4.90 Å². The van der Waals surface area contributed by atoms with E-state index < -0.39 is 17.6 Å². The minimum absolute atomic E-state index is 0.0827. The zero-order valence-corrected chi connectivity index (χ0v) is 30.2. The summed E-state index contributed by atoms with van der Waals surface area (Å²) in [5, 5.41) is 13.9. The lowest BCUT2D eigenvalue weighted by molar-refractivity contribution is -0.155. The van der Waals surface area contributed by atoms with Crippen LogP contribution in [0.4, 0.5) is 0 Å². The van der Waals surface area contributed by atoms with Gasteiger partial charge >= 0.3 is 5.97 Å². The number of tetrazole rings is 1. The SMILES string of the molecule is CCCCC(=O)N(Cc1ccc(-c2ccccc2)c(-c2nnnn2C(c2ccccc2)(c2ccccc2)c2ccccc2)c1)[C@H](C(=O)OC)C(C)C. The molecule has 0 aliphatic heterocycles. The highest BCUT2D eigenvalue weighted by molar-refractivity contribution is 5.85. The molecule has 6 aromatic rings. The summed E-state index contributed by atoms with van der Waals surface area (Å²) in [6.45, 7) is 6.15. The molecule has 0 fully saturated rings.